The Morgan fingerprint density at radius 2 is 2.06 bits per heavy atom. The number of carbonyl (C=O) groups is 1. The number of ether oxygens (including phenoxy) is 1. The highest BCUT2D eigenvalue weighted by Gasteiger charge is 2.15. The third-order valence-corrected chi connectivity index (χ3v) is 2.23. The van der Waals surface area contributed by atoms with Crippen molar-refractivity contribution >= 4 is 5.78 Å². The number of aromatic nitrogens is 1. The highest BCUT2D eigenvalue weighted by molar-refractivity contribution is 5.98. The lowest BCUT2D eigenvalue weighted by Gasteiger charge is -2.11. The van der Waals surface area contributed by atoms with E-state index in [9.17, 15) is 4.79 Å². The maximum Gasteiger partial charge on any atom is 0.167 e. The molecule has 0 atom stereocenters. The summed E-state index contributed by atoms with van der Waals surface area (Å²) in [7, 11) is 0. The van der Waals surface area contributed by atoms with Gasteiger partial charge in [0.25, 0.3) is 0 Å². The monoisotopic (exact) mass is 221 g/mol. The lowest BCUT2D eigenvalue weighted by Crippen LogP contribution is -2.13. The lowest BCUT2D eigenvalue weighted by molar-refractivity contribution is 0.0623. The molecule has 0 amide bonds. The van der Waals surface area contributed by atoms with Crippen LogP contribution < -0.4 is 0 Å². The first kappa shape index (κ1) is 12.8. The molecule has 0 saturated heterocycles. The van der Waals surface area contributed by atoms with E-state index < -0.39 is 0 Å². The number of rotatable bonds is 5. The number of hydrogen-bond donors (Lipinski definition) is 0. The van der Waals surface area contributed by atoms with Crippen LogP contribution in [0.4, 0.5) is 0 Å². The maximum absolute atomic E-state index is 11.9. The van der Waals surface area contributed by atoms with Crippen molar-refractivity contribution in [2.45, 2.75) is 40.4 Å². The zero-order chi connectivity index (χ0) is 12.1. The average Bonchev–Trinajstić information content (AvgIpc) is 2.25. The van der Waals surface area contributed by atoms with Crippen LogP contribution in [0.3, 0.4) is 0 Å². The van der Waals surface area contributed by atoms with E-state index in [2.05, 4.69) is 4.98 Å². The predicted molar refractivity (Wildman–Crippen MR) is 63.3 cm³/mol. The van der Waals surface area contributed by atoms with Crippen LogP contribution in [0.5, 0.6) is 0 Å². The van der Waals surface area contributed by atoms with Gasteiger partial charge in [-0.3, -0.25) is 9.78 Å². The molecule has 0 aliphatic heterocycles. The minimum Gasteiger partial charge on any atom is -0.372 e. The molecular weight excluding hydrogens is 202 g/mol. The Morgan fingerprint density at radius 3 is 2.62 bits per heavy atom. The van der Waals surface area contributed by atoms with Crippen LogP contribution in [0.2, 0.25) is 0 Å². The molecule has 0 aliphatic rings. The molecule has 0 saturated carbocycles. The molecule has 0 N–H and O–H groups in total. The fourth-order valence-corrected chi connectivity index (χ4v) is 1.33. The van der Waals surface area contributed by atoms with Gasteiger partial charge in [-0.15, -0.1) is 0 Å². The van der Waals surface area contributed by atoms with E-state index >= 15 is 0 Å². The smallest absolute Gasteiger partial charge is 0.167 e. The quantitative estimate of drug-likeness (QED) is 0.718. The first-order chi connectivity index (χ1) is 7.52. The standard InChI is InChI=1S/C13H19NO2/c1-9(2)13(15)11-6-5-7-14-12(11)8-16-10(3)4/h5-7,9-10H,8H2,1-4H3. The summed E-state index contributed by atoms with van der Waals surface area (Å²) in [6.45, 7) is 8.11. The fourth-order valence-electron chi connectivity index (χ4n) is 1.33. The number of pyridine rings is 1. The second-order valence-electron chi connectivity index (χ2n) is 4.38. The minimum atomic E-state index is -0.0120. The van der Waals surface area contributed by atoms with Crippen molar-refractivity contribution in [3.63, 3.8) is 0 Å². The van der Waals surface area contributed by atoms with Crippen LogP contribution in [-0.4, -0.2) is 16.9 Å². The summed E-state index contributed by atoms with van der Waals surface area (Å²) < 4.78 is 5.48. The summed E-state index contributed by atoms with van der Waals surface area (Å²) in [5, 5.41) is 0. The van der Waals surface area contributed by atoms with Crippen LogP contribution in [-0.2, 0) is 11.3 Å². The van der Waals surface area contributed by atoms with Gasteiger partial charge in [-0.05, 0) is 26.0 Å². The number of hydrogen-bond acceptors (Lipinski definition) is 3. The second-order valence-corrected chi connectivity index (χ2v) is 4.38. The normalized spacial score (nSPS) is 11.1. The summed E-state index contributed by atoms with van der Waals surface area (Å²) in [6, 6.07) is 3.60. The molecule has 0 unspecified atom stereocenters. The zero-order valence-electron chi connectivity index (χ0n) is 10.4. The molecule has 1 aromatic heterocycles. The summed E-state index contributed by atoms with van der Waals surface area (Å²) >= 11 is 0. The van der Waals surface area contributed by atoms with Crippen molar-refractivity contribution in [3.05, 3.63) is 29.6 Å². The maximum atomic E-state index is 11.9. The summed E-state index contributed by atoms with van der Waals surface area (Å²) in [5.74, 6) is 0.109. The SMILES string of the molecule is CC(C)OCc1ncccc1C(=O)C(C)C. The number of carbonyl (C=O) groups excluding carboxylic acids is 1. The molecule has 1 heterocycles. The van der Waals surface area contributed by atoms with Gasteiger partial charge in [0.15, 0.2) is 5.78 Å². The fraction of sp³-hybridized carbons (Fsp3) is 0.538. The van der Waals surface area contributed by atoms with Crippen molar-refractivity contribution < 1.29 is 9.53 Å². The lowest BCUT2D eigenvalue weighted by atomic mass is 10.00. The van der Waals surface area contributed by atoms with Gasteiger partial charge in [0.1, 0.15) is 0 Å². The Kier molecular flexibility index (Phi) is 4.62. The van der Waals surface area contributed by atoms with Crippen LogP contribution in [0.25, 0.3) is 0 Å². The Labute approximate surface area is 96.8 Å². The third kappa shape index (κ3) is 3.42. The highest BCUT2D eigenvalue weighted by Crippen LogP contribution is 2.13. The molecule has 0 radical (unpaired) electrons. The molecule has 0 aromatic carbocycles. The molecule has 3 nitrogen and oxygen atoms in total. The number of ketones is 1. The molecule has 0 bridgehead atoms. The second kappa shape index (κ2) is 5.75. The van der Waals surface area contributed by atoms with Crippen LogP contribution in [0.15, 0.2) is 18.3 Å². The van der Waals surface area contributed by atoms with Gasteiger partial charge >= 0.3 is 0 Å². The van der Waals surface area contributed by atoms with Crippen LogP contribution >= 0.6 is 0 Å². The van der Waals surface area contributed by atoms with Crippen LogP contribution in [0.1, 0.15) is 43.7 Å². The number of nitrogens with zero attached hydrogens (tertiary/aromatic N) is 1. The van der Waals surface area contributed by atoms with E-state index in [1.807, 2.05) is 33.8 Å². The van der Waals surface area contributed by atoms with E-state index in [4.69, 9.17) is 4.74 Å². The number of Topliss-reactive ketones (excluding diaryl/α,β-unsaturated/α-hetero) is 1. The van der Waals surface area contributed by atoms with Crippen molar-refractivity contribution in [1.29, 1.82) is 0 Å². The van der Waals surface area contributed by atoms with E-state index in [0.29, 0.717) is 12.2 Å². The van der Waals surface area contributed by atoms with Crippen molar-refractivity contribution in [1.82, 2.24) is 4.98 Å². The first-order valence-electron chi connectivity index (χ1n) is 5.62. The first-order valence-corrected chi connectivity index (χ1v) is 5.62. The molecule has 3 heteroatoms. The van der Waals surface area contributed by atoms with E-state index in [0.717, 1.165) is 5.69 Å². The Morgan fingerprint density at radius 1 is 1.38 bits per heavy atom. The van der Waals surface area contributed by atoms with E-state index in [1.54, 1.807) is 12.3 Å². The predicted octanol–water partition coefficient (Wildman–Crippen LogP) is 2.85. The van der Waals surface area contributed by atoms with Gasteiger partial charge in [-0.1, -0.05) is 13.8 Å². The van der Waals surface area contributed by atoms with Gasteiger partial charge in [0, 0.05) is 17.7 Å². The van der Waals surface area contributed by atoms with Gasteiger partial charge in [-0.2, -0.15) is 0 Å². The van der Waals surface area contributed by atoms with Crippen molar-refractivity contribution in [3.8, 4) is 0 Å². The summed E-state index contributed by atoms with van der Waals surface area (Å²) in [6.07, 6.45) is 1.83. The van der Waals surface area contributed by atoms with Gasteiger partial charge < -0.3 is 4.74 Å². The average molecular weight is 221 g/mol. The Balaban J connectivity index is 2.87. The summed E-state index contributed by atoms with van der Waals surface area (Å²) in [4.78, 5) is 16.1. The van der Waals surface area contributed by atoms with Crippen molar-refractivity contribution in [2.24, 2.45) is 5.92 Å². The van der Waals surface area contributed by atoms with E-state index in [1.165, 1.54) is 0 Å². The molecule has 1 rings (SSSR count). The third-order valence-electron chi connectivity index (χ3n) is 2.23. The van der Waals surface area contributed by atoms with Gasteiger partial charge in [0.2, 0.25) is 0 Å². The largest absolute Gasteiger partial charge is 0.372 e. The molecule has 0 fully saturated rings. The zero-order valence-corrected chi connectivity index (χ0v) is 10.4. The Bertz CT molecular complexity index is 359. The van der Waals surface area contributed by atoms with Crippen molar-refractivity contribution in [2.75, 3.05) is 0 Å². The van der Waals surface area contributed by atoms with Gasteiger partial charge in [-0.25, -0.2) is 0 Å². The van der Waals surface area contributed by atoms with Gasteiger partial charge in [0.05, 0.1) is 18.4 Å². The van der Waals surface area contributed by atoms with Crippen LogP contribution in [0, 0.1) is 5.92 Å². The molecule has 16 heavy (non-hydrogen) atoms. The van der Waals surface area contributed by atoms with E-state index in [-0.39, 0.29) is 17.8 Å². The Hall–Kier alpha value is -1.22. The molecule has 0 spiro atoms. The molecule has 1 aromatic rings. The minimum absolute atomic E-state index is 0.0120. The highest BCUT2D eigenvalue weighted by atomic mass is 16.5. The molecule has 88 valence electrons. The summed E-state index contributed by atoms with van der Waals surface area (Å²) in [5.41, 5.74) is 1.41. The molecular formula is C13H19NO2. The topological polar surface area (TPSA) is 39.2 Å². The molecule has 0 aliphatic carbocycles.